The molecule has 0 aromatic heterocycles. The van der Waals surface area contributed by atoms with Gasteiger partial charge in [0, 0.05) is 36.3 Å². The van der Waals surface area contributed by atoms with Crippen LogP contribution >= 0.6 is 11.8 Å². The number of carbonyl (C=O) groups is 1. The van der Waals surface area contributed by atoms with E-state index in [4.69, 9.17) is 4.84 Å². The lowest BCUT2D eigenvalue weighted by Crippen LogP contribution is -2.44. The Morgan fingerprint density at radius 1 is 1.05 bits per heavy atom. The monoisotopic (exact) mass is 553 g/mol. The van der Waals surface area contributed by atoms with Gasteiger partial charge in [-0.25, -0.2) is 9.18 Å². The number of thioether (sulfide) groups is 1. The molecule has 0 spiro atoms. The second kappa shape index (κ2) is 14.2. The zero-order valence-electron chi connectivity index (χ0n) is 22.1. The Kier molecular flexibility index (Phi) is 10.5. The predicted octanol–water partition coefficient (Wildman–Crippen LogP) is 5.22. The average molecular weight is 554 g/mol. The SMILES string of the molecule is C[C@H](O)CN(CCc1ccc(SC2CCN(C(=O)NCc3ccc(F)cc3)CC2)cc1)Oc1ccc(O)cc1. The van der Waals surface area contributed by atoms with Crippen LogP contribution in [-0.4, -0.2) is 63.7 Å². The molecule has 208 valence electrons. The summed E-state index contributed by atoms with van der Waals surface area (Å²) < 4.78 is 13.0. The molecule has 4 rings (SSSR count). The van der Waals surface area contributed by atoms with Crippen LogP contribution in [0.25, 0.3) is 0 Å². The van der Waals surface area contributed by atoms with Crippen molar-refractivity contribution in [2.75, 3.05) is 26.2 Å². The van der Waals surface area contributed by atoms with E-state index >= 15 is 0 Å². The number of halogens is 1. The number of phenols is 1. The Bertz CT molecular complexity index is 1170. The average Bonchev–Trinajstić information content (AvgIpc) is 2.93. The van der Waals surface area contributed by atoms with Crippen molar-refractivity contribution in [3.8, 4) is 11.5 Å². The Morgan fingerprint density at radius 2 is 1.69 bits per heavy atom. The van der Waals surface area contributed by atoms with Gasteiger partial charge < -0.3 is 25.3 Å². The van der Waals surface area contributed by atoms with Crippen LogP contribution in [0, 0.1) is 5.82 Å². The second-order valence-corrected chi connectivity index (χ2v) is 11.2. The number of nitrogens with one attached hydrogen (secondary N) is 1. The van der Waals surface area contributed by atoms with E-state index in [1.165, 1.54) is 22.6 Å². The third kappa shape index (κ3) is 9.45. The zero-order chi connectivity index (χ0) is 27.6. The maximum atomic E-state index is 13.0. The number of amides is 2. The summed E-state index contributed by atoms with van der Waals surface area (Å²) in [7, 11) is 0. The molecule has 1 aliphatic rings. The number of aliphatic hydroxyl groups is 1. The number of aliphatic hydroxyl groups excluding tert-OH is 1. The largest absolute Gasteiger partial charge is 0.508 e. The molecule has 3 aromatic rings. The van der Waals surface area contributed by atoms with Crippen molar-refractivity contribution in [3.63, 3.8) is 0 Å². The van der Waals surface area contributed by atoms with Crippen LogP contribution in [0.2, 0.25) is 0 Å². The lowest BCUT2D eigenvalue weighted by molar-refractivity contribution is -0.0805. The highest BCUT2D eigenvalue weighted by Crippen LogP contribution is 2.30. The number of phenolic OH excluding ortho intramolecular Hbond substituents is 1. The Balaban J connectivity index is 1.19. The summed E-state index contributed by atoms with van der Waals surface area (Å²) in [5, 5.41) is 24.5. The minimum atomic E-state index is -0.534. The first-order chi connectivity index (χ1) is 18.8. The van der Waals surface area contributed by atoms with Crippen LogP contribution in [0.3, 0.4) is 0 Å². The van der Waals surface area contributed by atoms with E-state index in [2.05, 4.69) is 29.6 Å². The number of rotatable bonds is 11. The summed E-state index contributed by atoms with van der Waals surface area (Å²) in [6.07, 6.45) is 2.09. The van der Waals surface area contributed by atoms with E-state index in [-0.39, 0.29) is 17.6 Å². The van der Waals surface area contributed by atoms with Gasteiger partial charge in [0.05, 0.1) is 12.6 Å². The molecule has 1 saturated heterocycles. The lowest BCUT2D eigenvalue weighted by Gasteiger charge is -2.31. The molecule has 0 unspecified atom stereocenters. The van der Waals surface area contributed by atoms with E-state index < -0.39 is 6.10 Å². The number of benzene rings is 3. The van der Waals surface area contributed by atoms with Gasteiger partial charge in [-0.1, -0.05) is 24.3 Å². The normalized spacial score (nSPS) is 14.8. The first-order valence-corrected chi connectivity index (χ1v) is 14.1. The standard InChI is InChI=1S/C30H36FN3O4S/c1-22(35)21-34(38-27-10-8-26(36)9-11-27)19-14-23-4-12-28(13-5-23)39-29-15-17-33(18-16-29)30(37)32-20-24-2-6-25(31)7-3-24/h2-13,22,29,35-36H,14-21H2,1H3,(H,32,37)/t22-/m0/s1. The van der Waals surface area contributed by atoms with Gasteiger partial charge in [0.25, 0.3) is 0 Å². The highest BCUT2D eigenvalue weighted by Gasteiger charge is 2.23. The molecule has 0 aliphatic carbocycles. The number of aromatic hydroxyl groups is 1. The Hall–Kier alpha value is -3.27. The zero-order valence-corrected chi connectivity index (χ0v) is 22.9. The van der Waals surface area contributed by atoms with Crippen molar-refractivity contribution >= 4 is 17.8 Å². The van der Waals surface area contributed by atoms with Crippen molar-refractivity contribution < 1.29 is 24.2 Å². The van der Waals surface area contributed by atoms with Gasteiger partial charge in [0.2, 0.25) is 0 Å². The molecule has 3 aromatic carbocycles. The fraction of sp³-hybridized carbons (Fsp3) is 0.367. The third-order valence-corrected chi connectivity index (χ3v) is 7.85. The van der Waals surface area contributed by atoms with Crippen LogP contribution in [0.1, 0.15) is 30.9 Å². The smallest absolute Gasteiger partial charge is 0.317 e. The maximum absolute atomic E-state index is 13.0. The molecule has 0 saturated carbocycles. The van der Waals surface area contributed by atoms with Gasteiger partial charge in [-0.05, 0) is 85.8 Å². The molecule has 2 amide bonds. The molecule has 3 N–H and O–H groups in total. The van der Waals surface area contributed by atoms with E-state index in [0.717, 1.165) is 24.8 Å². The number of likely N-dealkylation sites (tertiary alicyclic amines) is 1. The topological polar surface area (TPSA) is 85.3 Å². The highest BCUT2D eigenvalue weighted by molar-refractivity contribution is 8.00. The van der Waals surface area contributed by atoms with E-state index in [9.17, 15) is 19.4 Å². The number of nitrogens with zero attached hydrogens (tertiary/aromatic N) is 2. The molecule has 7 nitrogen and oxygen atoms in total. The van der Waals surface area contributed by atoms with E-state index in [1.807, 2.05) is 16.7 Å². The minimum absolute atomic E-state index is 0.0776. The summed E-state index contributed by atoms with van der Waals surface area (Å²) in [5.74, 6) is 0.503. The number of hydrogen-bond donors (Lipinski definition) is 3. The van der Waals surface area contributed by atoms with Gasteiger partial charge in [-0.3, -0.25) is 0 Å². The summed E-state index contributed by atoms with van der Waals surface area (Å²) >= 11 is 1.85. The van der Waals surface area contributed by atoms with Crippen LogP contribution < -0.4 is 10.2 Å². The second-order valence-electron chi connectivity index (χ2n) is 9.81. The summed E-state index contributed by atoms with van der Waals surface area (Å²) in [6, 6.07) is 21.2. The van der Waals surface area contributed by atoms with Gasteiger partial charge in [0.15, 0.2) is 0 Å². The first kappa shape index (κ1) is 28.7. The van der Waals surface area contributed by atoms with E-state index in [1.54, 1.807) is 48.4 Å². The van der Waals surface area contributed by atoms with Gasteiger partial charge >= 0.3 is 6.03 Å². The molecule has 1 heterocycles. The number of carbonyl (C=O) groups excluding carboxylic acids is 1. The van der Waals surface area contributed by atoms with Crippen molar-refractivity contribution in [1.29, 1.82) is 0 Å². The van der Waals surface area contributed by atoms with Crippen molar-refractivity contribution in [3.05, 3.63) is 89.7 Å². The maximum Gasteiger partial charge on any atom is 0.317 e. The summed E-state index contributed by atoms with van der Waals surface area (Å²) in [4.78, 5) is 21.5. The third-order valence-electron chi connectivity index (χ3n) is 6.50. The van der Waals surface area contributed by atoms with Crippen LogP contribution in [0.5, 0.6) is 11.5 Å². The van der Waals surface area contributed by atoms with Crippen molar-refractivity contribution in [2.45, 2.75) is 49.0 Å². The van der Waals surface area contributed by atoms with Crippen LogP contribution in [0.4, 0.5) is 9.18 Å². The lowest BCUT2D eigenvalue weighted by atomic mass is 10.1. The molecule has 9 heteroatoms. The Morgan fingerprint density at radius 3 is 2.33 bits per heavy atom. The predicted molar refractivity (Wildman–Crippen MR) is 151 cm³/mol. The minimum Gasteiger partial charge on any atom is -0.508 e. The molecular weight excluding hydrogens is 517 g/mol. The quantitative estimate of drug-likeness (QED) is 0.283. The fourth-order valence-electron chi connectivity index (χ4n) is 4.37. The molecule has 0 radical (unpaired) electrons. The number of hydroxylamine groups is 2. The van der Waals surface area contributed by atoms with Crippen LogP contribution in [-0.2, 0) is 13.0 Å². The molecule has 1 aliphatic heterocycles. The fourth-order valence-corrected chi connectivity index (χ4v) is 5.50. The number of urea groups is 1. The molecule has 1 atom stereocenters. The molecule has 1 fully saturated rings. The van der Waals surface area contributed by atoms with Gasteiger partial charge in [0.1, 0.15) is 17.3 Å². The van der Waals surface area contributed by atoms with Gasteiger partial charge in [-0.2, -0.15) is 0 Å². The molecule has 39 heavy (non-hydrogen) atoms. The first-order valence-electron chi connectivity index (χ1n) is 13.3. The molecule has 0 bridgehead atoms. The number of piperidine rings is 1. The van der Waals surface area contributed by atoms with E-state index in [0.29, 0.717) is 43.7 Å². The molecular formula is C30H36FN3O4S. The summed E-state index contributed by atoms with van der Waals surface area (Å²) in [5.41, 5.74) is 2.05. The highest BCUT2D eigenvalue weighted by atomic mass is 32.2. The summed E-state index contributed by atoms with van der Waals surface area (Å²) in [6.45, 7) is 4.53. The van der Waals surface area contributed by atoms with Crippen molar-refractivity contribution in [2.24, 2.45) is 0 Å². The number of hydrogen-bond acceptors (Lipinski definition) is 6. The van der Waals surface area contributed by atoms with Crippen LogP contribution in [0.15, 0.2) is 77.7 Å². The van der Waals surface area contributed by atoms with Gasteiger partial charge in [-0.15, -0.1) is 16.8 Å². The van der Waals surface area contributed by atoms with Crippen molar-refractivity contribution in [1.82, 2.24) is 15.3 Å². The Labute approximate surface area is 233 Å².